The number of carbonyl (C=O) groups excluding carboxylic acids is 1. The first-order valence-corrected chi connectivity index (χ1v) is 4.79. The molecule has 0 aliphatic heterocycles. The molecule has 0 bridgehead atoms. The average molecular weight is 261 g/mol. The fourth-order valence-electron chi connectivity index (χ4n) is 0.898. The van der Waals surface area contributed by atoms with Gasteiger partial charge < -0.3 is 15.2 Å². The molecule has 8 heteroatoms. The third-order valence-corrected chi connectivity index (χ3v) is 2.05. The van der Waals surface area contributed by atoms with Crippen molar-refractivity contribution in [1.29, 1.82) is 0 Å². The van der Waals surface area contributed by atoms with Crippen LogP contribution in [0, 0.1) is 0 Å². The molecule has 0 saturated heterocycles. The zero-order chi connectivity index (χ0) is 13.7. The van der Waals surface area contributed by atoms with Crippen LogP contribution in [0.4, 0.5) is 17.6 Å². The molecule has 102 valence electrons. The number of nitrogens with one attached hydrogen (secondary N) is 1. The second kappa shape index (κ2) is 6.15. The first-order valence-electron chi connectivity index (χ1n) is 4.79. The maximum absolute atomic E-state index is 12.5. The molecular weight excluding hydrogens is 246 g/mol. The molecule has 0 aromatic rings. The van der Waals surface area contributed by atoms with E-state index in [1.54, 1.807) is 5.32 Å². The maximum Gasteiger partial charge on any atom is 0.383 e. The van der Waals surface area contributed by atoms with Crippen LogP contribution in [0.5, 0.6) is 0 Å². The van der Waals surface area contributed by atoms with Gasteiger partial charge in [-0.15, -0.1) is 0 Å². The van der Waals surface area contributed by atoms with E-state index in [2.05, 4.69) is 4.74 Å². The van der Waals surface area contributed by atoms with Crippen LogP contribution < -0.4 is 5.32 Å². The van der Waals surface area contributed by atoms with Gasteiger partial charge >= 0.3 is 12.3 Å². The Labute approximate surface area is 95.9 Å². The Kier molecular flexibility index (Phi) is 5.83. The summed E-state index contributed by atoms with van der Waals surface area (Å²) in [6, 6.07) is 0. The molecule has 0 aliphatic rings. The molecule has 0 aromatic carbocycles. The molecule has 0 spiro atoms. The third-order valence-electron chi connectivity index (χ3n) is 2.05. The maximum atomic E-state index is 12.5. The van der Waals surface area contributed by atoms with Gasteiger partial charge in [-0.25, -0.2) is 8.78 Å². The number of aliphatic hydroxyl groups is 1. The molecule has 0 fully saturated rings. The summed E-state index contributed by atoms with van der Waals surface area (Å²) in [6.45, 7) is 0.860. The number of alkyl halides is 4. The summed E-state index contributed by atoms with van der Waals surface area (Å²) in [7, 11) is 1.37. The Balaban J connectivity index is 4.24. The number of carbonyl (C=O) groups is 1. The van der Waals surface area contributed by atoms with E-state index in [0.717, 1.165) is 0 Å². The molecule has 0 radical (unpaired) electrons. The highest BCUT2D eigenvalue weighted by Crippen LogP contribution is 2.23. The summed E-state index contributed by atoms with van der Waals surface area (Å²) in [5.74, 6) is -6.86. The Morgan fingerprint density at radius 1 is 1.47 bits per heavy atom. The van der Waals surface area contributed by atoms with Gasteiger partial charge in [0.1, 0.15) is 0 Å². The first-order chi connectivity index (χ1) is 7.63. The summed E-state index contributed by atoms with van der Waals surface area (Å²) in [5.41, 5.74) is -1.50. The highest BCUT2D eigenvalue weighted by Gasteiger charge is 2.49. The molecule has 17 heavy (non-hydrogen) atoms. The predicted molar refractivity (Wildman–Crippen MR) is 51.1 cm³/mol. The van der Waals surface area contributed by atoms with Gasteiger partial charge in [0.05, 0.1) is 5.60 Å². The van der Waals surface area contributed by atoms with E-state index >= 15 is 0 Å². The normalized spacial score (nSPS) is 15.8. The average Bonchev–Trinajstić information content (AvgIpc) is 2.23. The van der Waals surface area contributed by atoms with Crippen molar-refractivity contribution in [3.8, 4) is 0 Å². The van der Waals surface area contributed by atoms with E-state index in [4.69, 9.17) is 0 Å². The molecule has 0 saturated carbocycles. The Morgan fingerprint density at radius 2 is 2.00 bits per heavy atom. The van der Waals surface area contributed by atoms with E-state index in [-0.39, 0.29) is 13.0 Å². The molecule has 1 atom stereocenters. The van der Waals surface area contributed by atoms with Crippen LogP contribution in [0.15, 0.2) is 0 Å². The van der Waals surface area contributed by atoms with Crippen LogP contribution in [0.3, 0.4) is 0 Å². The minimum atomic E-state index is -4.75. The number of hydrogen-bond acceptors (Lipinski definition) is 3. The van der Waals surface area contributed by atoms with E-state index in [9.17, 15) is 27.5 Å². The number of amides is 1. The molecule has 4 nitrogen and oxygen atoms in total. The highest BCUT2D eigenvalue weighted by atomic mass is 19.3. The van der Waals surface area contributed by atoms with Crippen LogP contribution in [0.1, 0.15) is 13.3 Å². The van der Waals surface area contributed by atoms with Crippen LogP contribution in [-0.4, -0.2) is 49.2 Å². The monoisotopic (exact) mass is 261 g/mol. The van der Waals surface area contributed by atoms with Gasteiger partial charge in [-0.1, -0.05) is 0 Å². The fourth-order valence-corrected chi connectivity index (χ4v) is 0.898. The Bertz CT molecular complexity index is 259. The number of hydrogen-bond donors (Lipinski definition) is 2. The summed E-state index contributed by atoms with van der Waals surface area (Å²) in [6.07, 6.45) is -4.00. The zero-order valence-electron chi connectivity index (χ0n) is 9.47. The number of methoxy groups -OCH3 is 1. The summed E-state index contributed by atoms with van der Waals surface area (Å²) in [5, 5.41) is 11.2. The van der Waals surface area contributed by atoms with Crippen molar-refractivity contribution in [3.05, 3.63) is 0 Å². The first kappa shape index (κ1) is 16.1. The molecule has 0 aromatic heterocycles. The zero-order valence-corrected chi connectivity index (χ0v) is 9.47. The lowest BCUT2D eigenvalue weighted by Crippen LogP contribution is -2.50. The standard InChI is InChI=1S/C9H15F4NO3/c1-8(16,3-4-17-2)5-14-7(15)9(12,13)6(10)11/h6,16H,3-5H2,1-2H3,(H,14,15). The van der Waals surface area contributed by atoms with Crippen LogP contribution in [0.2, 0.25) is 0 Å². The lowest BCUT2D eigenvalue weighted by molar-refractivity contribution is -0.170. The van der Waals surface area contributed by atoms with Gasteiger partial charge in [-0.3, -0.25) is 4.79 Å². The van der Waals surface area contributed by atoms with Gasteiger partial charge in [0.2, 0.25) is 0 Å². The SMILES string of the molecule is COCCC(C)(O)CNC(=O)C(F)(F)C(F)F. The van der Waals surface area contributed by atoms with Gasteiger partial charge in [-0.2, -0.15) is 8.78 Å². The van der Waals surface area contributed by atoms with Crippen molar-refractivity contribution in [2.24, 2.45) is 0 Å². The smallest absolute Gasteiger partial charge is 0.383 e. The highest BCUT2D eigenvalue weighted by molar-refractivity contribution is 5.83. The van der Waals surface area contributed by atoms with Gasteiger partial charge in [0.25, 0.3) is 5.91 Å². The van der Waals surface area contributed by atoms with Crippen LogP contribution in [0.25, 0.3) is 0 Å². The van der Waals surface area contributed by atoms with Gasteiger partial charge in [0, 0.05) is 26.7 Å². The Morgan fingerprint density at radius 3 is 2.41 bits per heavy atom. The predicted octanol–water partition coefficient (Wildman–Crippen LogP) is 0.791. The Hall–Kier alpha value is -0.890. The van der Waals surface area contributed by atoms with Crippen molar-refractivity contribution in [3.63, 3.8) is 0 Å². The number of rotatable bonds is 7. The lowest BCUT2D eigenvalue weighted by Gasteiger charge is -2.24. The quantitative estimate of drug-likeness (QED) is 0.666. The molecule has 0 aliphatic carbocycles. The van der Waals surface area contributed by atoms with E-state index in [0.29, 0.717) is 0 Å². The summed E-state index contributed by atoms with van der Waals surface area (Å²) < 4.78 is 53.2. The third kappa shape index (κ3) is 5.31. The molecule has 0 rings (SSSR count). The lowest BCUT2D eigenvalue weighted by atomic mass is 10.0. The van der Waals surface area contributed by atoms with Crippen LogP contribution in [-0.2, 0) is 9.53 Å². The van der Waals surface area contributed by atoms with E-state index < -0.39 is 30.4 Å². The van der Waals surface area contributed by atoms with E-state index in [1.807, 2.05) is 0 Å². The van der Waals surface area contributed by atoms with Crippen molar-refractivity contribution in [2.45, 2.75) is 31.3 Å². The van der Waals surface area contributed by atoms with Crippen molar-refractivity contribution in [1.82, 2.24) is 5.32 Å². The number of halogens is 4. The minimum Gasteiger partial charge on any atom is -0.388 e. The molecule has 0 heterocycles. The van der Waals surface area contributed by atoms with Gasteiger partial charge in [0.15, 0.2) is 0 Å². The molecule has 1 amide bonds. The number of ether oxygens (including phenoxy) is 1. The van der Waals surface area contributed by atoms with Crippen molar-refractivity contribution < 1.29 is 32.2 Å². The molecule has 1 unspecified atom stereocenters. The van der Waals surface area contributed by atoms with Crippen LogP contribution >= 0.6 is 0 Å². The second-order valence-corrected chi connectivity index (χ2v) is 3.85. The van der Waals surface area contributed by atoms with Gasteiger partial charge in [-0.05, 0) is 6.92 Å². The fraction of sp³-hybridized carbons (Fsp3) is 0.889. The topological polar surface area (TPSA) is 58.6 Å². The van der Waals surface area contributed by atoms with Crippen molar-refractivity contribution in [2.75, 3.05) is 20.3 Å². The second-order valence-electron chi connectivity index (χ2n) is 3.85. The largest absolute Gasteiger partial charge is 0.388 e. The minimum absolute atomic E-state index is 0.0734. The summed E-state index contributed by atoms with van der Waals surface area (Å²) in [4.78, 5) is 10.7. The molecule has 2 N–H and O–H groups in total. The summed E-state index contributed by atoms with van der Waals surface area (Å²) >= 11 is 0. The van der Waals surface area contributed by atoms with E-state index in [1.165, 1.54) is 14.0 Å². The van der Waals surface area contributed by atoms with Crippen molar-refractivity contribution >= 4 is 5.91 Å². The molecular formula is C9H15F4NO3.